The van der Waals surface area contributed by atoms with Crippen LogP contribution in [-0.2, 0) is 9.59 Å². The van der Waals surface area contributed by atoms with Crippen molar-refractivity contribution in [2.75, 3.05) is 0 Å². The summed E-state index contributed by atoms with van der Waals surface area (Å²) < 4.78 is 0. The summed E-state index contributed by atoms with van der Waals surface area (Å²) in [5, 5.41) is 8.18. The summed E-state index contributed by atoms with van der Waals surface area (Å²) in [5.74, 6) is -1.09. The lowest BCUT2D eigenvalue weighted by Crippen LogP contribution is -2.28. The number of carboxylic acids is 1. The first kappa shape index (κ1) is 9.10. The van der Waals surface area contributed by atoms with Gasteiger partial charge in [0, 0.05) is 6.42 Å². The van der Waals surface area contributed by atoms with Crippen molar-refractivity contribution in [3.05, 3.63) is 0 Å². The van der Waals surface area contributed by atoms with E-state index in [0.29, 0.717) is 0 Å². The third-order valence-corrected chi connectivity index (χ3v) is 1.19. The van der Waals surface area contributed by atoms with Gasteiger partial charge in [0.05, 0.1) is 6.04 Å². The Morgan fingerprint density at radius 1 is 1.60 bits per heavy atom. The molecule has 0 aliphatic rings. The minimum absolute atomic E-state index is 0.0409. The Bertz CT molecular complexity index is 144. The molecular formula is C6H11NO3. The average Bonchev–Trinajstić information content (AvgIpc) is 1.82. The smallest absolute Gasteiger partial charge is 0.303 e. The molecule has 0 rings (SSSR count). The lowest BCUT2D eigenvalue weighted by atomic mass is 10.1. The first-order valence-corrected chi connectivity index (χ1v) is 3.02. The SMILES string of the molecule is CC(=O)[C@@H](N)CCC(=O)O. The maximum absolute atomic E-state index is 10.4. The fourth-order valence-electron chi connectivity index (χ4n) is 0.482. The molecule has 3 N–H and O–H groups in total. The van der Waals surface area contributed by atoms with Gasteiger partial charge in [0.25, 0.3) is 0 Å². The molecule has 1 atom stereocenters. The van der Waals surface area contributed by atoms with Gasteiger partial charge in [0.1, 0.15) is 5.78 Å². The maximum Gasteiger partial charge on any atom is 0.303 e. The van der Waals surface area contributed by atoms with Crippen LogP contribution < -0.4 is 5.73 Å². The number of carbonyl (C=O) groups is 2. The van der Waals surface area contributed by atoms with Crippen LogP contribution in [0.1, 0.15) is 19.8 Å². The van der Waals surface area contributed by atoms with Crippen molar-refractivity contribution >= 4 is 11.8 Å². The Morgan fingerprint density at radius 2 is 2.10 bits per heavy atom. The van der Waals surface area contributed by atoms with Crippen LogP contribution >= 0.6 is 0 Å². The number of hydrogen-bond acceptors (Lipinski definition) is 3. The first-order valence-electron chi connectivity index (χ1n) is 3.02. The van der Waals surface area contributed by atoms with E-state index in [0.717, 1.165) is 0 Å². The first-order chi connectivity index (χ1) is 4.54. The van der Waals surface area contributed by atoms with E-state index >= 15 is 0 Å². The highest BCUT2D eigenvalue weighted by atomic mass is 16.4. The predicted molar refractivity (Wildman–Crippen MR) is 35.5 cm³/mol. The lowest BCUT2D eigenvalue weighted by molar-refractivity contribution is -0.137. The zero-order valence-electron chi connectivity index (χ0n) is 5.83. The molecule has 0 bridgehead atoms. The zero-order valence-corrected chi connectivity index (χ0v) is 5.83. The number of nitrogens with two attached hydrogens (primary N) is 1. The number of Topliss-reactive ketones (excluding diaryl/α,β-unsaturated/α-hetero) is 1. The van der Waals surface area contributed by atoms with Gasteiger partial charge in [0.2, 0.25) is 0 Å². The van der Waals surface area contributed by atoms with Gasteiger partial charge in [-0.05, 0) is 13.3 Å². The van der Waals surface area contributed by atoms with Crippen LogP contribution in [0.4, 0.5) is 0 Å². The molecule has 0 aliphatic heterocycles. The molecule has 10 heavy (non-hydrogen) atoms. The summed E-state index contributed by atoms with van der Waals surface area (Å²) in [6.45, 7) is 1.35. The molecule has 0 heterocycles. The maximum atomic E-state index is 10.4. The number of carboxylic acid groups (broad SMARTS) is 1. The van der Waals surface area contributed by atoms with E-state index in [9.17, 15) is 9.59 Å². The molecule has 4 heteroatoms. The number of hydrogen-bond donors (Lipinski definition) is 2. The molecular weight excluding hydrogens is 134 g/mol. The van der Waals surface area contributed by atoms with E-state index < -0.39 is 12.0 Å². The summed E-state index contributed by atoms with van der Waals surface area (Å²) in [4.78, 5) is 20.4. The van der Waals surface area contributed by atoms with Crippen LogP contribution in [0.5, 0.6) is 0 Å². The number of rotatable bonds is 4. The molecule has 0 unspecified atom stereocenters. The molecule has 58 valence electrons. The molecule has 0 radical (unpaired) electrons. The quantitative estimate of drug-likeness (QED) is 0.572. The van der Waals surface area contributed by atoms with Crippen LogP contribution in [0, 0.1) is 0 Å². The van der Waals surface area contributed by atoms with Gasteiger partial charge in [-0.15, -0.1) is 0 Å². The Kier molecular flexibility index (Phi) is 3.64. The van der Waals surface area contributed by atoms with Crippen LogP contribution in [0.15, 0.2) is 0 Å². The second-order valence-electron chi connectivity index (χ2n) is 2.15. The number of ketones is 1. The van der Waals surface area contributed by atoms with Gasteiger partial charge >= 0.3 is 5.97 Å². The topological polar surface area (TPSA) is 80.4 Å². The molecule has 0 amide bonds. The normalized spacial score (nSPS) is 12.6. The van der Waals surface area contributed by atoms with Gasteiger partial charge in [-0.25, -0.2) is 0 Å². The van der Waals surface area contributed by atoms with E-state index in [1.165, 1.54) is 6.92 Å². The molecule has 0 saturated carbocycles. The van der Waals surface area contributed by atoms with Gasteiger partial charge in [-0.1, -0.05) is 0 Å². The highest BCUT2D eigenvalue weighted by Crippen LogP contribution is 1.94. The molecule has 0 aliphatic carbocycles. The third kappa shape index (κ3) is 4.03. The zero-order chi connectivity index (χ0) is 8.15. The molecule has 0 saturated heterocycles. The van der Waals surface area contributed by atoms with Gasteiger partial charge < -0.3 is 10.8 Å². The summed E-state index contributed by atoms with van der Waals surface area (Å²) in [7, 11) is 0. The van der Waals surface area contributed by atoms with Gasteiger partial charge in [0.15, 0.2) is 0 Å². The van der Waals surface area contributed by atoms with Crippen molar-refractivity contribution in [1.82, 2.24) is 0 Å². The van der Waals surface area contributed by atoms with E-state index in [-0.39, 0.29) is 18.6 Å². The van der Waals surface area contributed by atoms with Gasteiger partial charge in [-0.3, -0.25) is 9.59 Å². The lowest BCUT2D eigenvalue weighted by Gasteiger charge is -2.03. The summed E-state index contributed by atoms with van der Waals surface area (Å²) in [5.41, 5.74) is 5.25. The molecule has 0 fully saturated rings. The minimum Gasteiger partial charge on any atom is -0.481 e. The standard InChI is InChI=1S/C6H11NO3/c1-4(8)5(7)2-3-6(9)10/h5H,2-3,7H2,1H3,(H,9,10)/t5-/m0/s1. The van der Waals surface area contributed by atoms with Crippen molar-refractivity contribution in [3.63, 3.8) is 0 Å². The summed E-state index contributed by atoms with van der Waals surface area (Å²) >= 11 is 0. The Hall–Kier alpha value is -0.900. The molecule has 0 aromatic heterocycles. The van der Waals surface area contributed by atoms with E-state index in [4.69, 9.17) is 10.8 Å². The second-order valence-corrected chi connectivity index (χ2v) is 2.15. The van der Waals surface area contributed by atoms with E-state index in [1.54, 1.807) is 0 Å². The average molecular weight is 145 g/mol. The Labute approximate surface area is 59.0 Å². The Morgan fingerprint density at radius 3 is 2.40 bits per heavy atom. The monoisotopic (exact) mass is 145 g/mol. The van der Waals surface area contributed by atoms with Crippen LogP contribution in [0.2, 0.25) is 0 Å². The third-order valence-electron chi connectivity index (χ3n) is 1.19. The number of carbonyl (C=O) groups excluding carboxylic acids is 1. The van der Waals surface area contributed by atoms with Crippen molar-refractivity contribution < 1.29 is 14.7 Å². The molecule has 0 aromatic rings. The van der Waals surface area contributed by atoms with Crippen molar-refractivity contribution in [3.8, 4) is 0 Å². The molecule has 4 nitrogen and oxygen atoms in total. The fraction of sp³-hybridized carbons (Fsp3) is 0.667. The van der Waals surface area contributed by atoms with Crippen LogP contribution in [0.3, 0.4) is 0 Å². The van der Waals surface area contributed by atoms with Crippen molar-refractivity contribution in [2.24, 2.45) is 5.73 Å². The van der Waals surface area contributed by atoms with Crippen molar-refractivity contribution in [2.45, 2.75) is 25.8 Å². The van der Waals surface area contributed by atoms with E-state index in [1.807, 2.05) is 0 Å². The largest absolute Gasteiger partial charge is 0.481 e. The van der Waals surface area contributed by atoms with Crippen molar-refractivity contribution in [1.29, 1.82) is 0 Å². The predicted octanol–water partition coefficient (Wildman–Crippen LogP) is -0.233. The molecule has 0 aromatic carbocycles. The highest BCUT2D eigenvalue weighted by molar-refractivity contribution is 5.81. The summed E-state index contributed by atoms with van der Waals surface area (Å²) in [6, 6.07) is -0.615. The van der Waals surface area contributed by atoms with Gasteiger partial charge in [-0.2, -0.15) is 0 Å². The Balaban J connectivity index is 3.49. The minimum atomic E-state index is -0.920. The molecule has 0 spiro atoms. The highest BCUT2D eigenvalue weighted by Gasteiger charge is 2.09. The second kappa shape index (κ2) is 4.00. The fourth-order valence-corrected chi connectivity index (χ4v) is 0.482. The summed E-state index contributed by atoms with van der Waals surface area (Å²) in [6.07, 6.45) is 0.186. The van der Waals surface area contributed by atoms with E-state index in [2.05, 4.69) is 0 Å². The van der Waals surface area contributed by atoms with Crippen LogP contribution in [0.25, 0.3) is 0 Å². The van der Waals surface area contributed by atoms with Crippen LogP contribution in [-0.4, -0.2) is 22.9 Å². The number of aliphatic carboxylic acids is 1.